The van der Waals surface area contributed by atoms with Gasteiger partial charge in [0.05, 0.1) is 6.04 Å². The molecule has 1 amide bonds. The summed E-state index contributed by atoms with van der Waals surface area (Å²) in [6, 6.07) is 14.9. The SMILES string of the molecule is CC1CCCN(Cc2ccc(C(=O)NC(C)c3ccc4c(c3)CCCC4)cc2)C1. The number of hydrogen-bond donors (Lipinski definition) is 1. The molecule has 1 saturated heterocycles. The zero-order chi connectivity index (χ0) is 20.2. The Bertz CT molecular complexity index is 842. The van der Waals surface area contributed by atoms with E-state index in [0.29, 0.717) is 0 Å². The summed E-state index contributed by atoms with van der Waals surface area (Å²) in [5.74, 6) is 0.798. The van der Waals surface area contributed by atoms with Gasteiger partial charge in [-0.25, -0.2) is 0 Å². The second-order valence-electron chi connectivity index (χ2n) is 9.11. The van der Waals surface area contributed by atoms with E-state index in [2.05, 4.69) is 54.4 Å². The number of benzene rings is 2. The molecule has 154 valence electrons. The first-order chi connectivity index (χ1) is 14.1. The van der Waals surface area contributed by atoms with Crippen molar-refractivity contribution in [2.75, 3.05) is 13.1 Å². The van der Waals surface area contributed by atoms with Crippen LogP contribution < -0.4 is 5.32 Å². The second-order valence-corrected chi connectivity index (χ2v) is 9.11. The molecule has 2 aliphatic rings. The molecule has 3 nitrogen and oxygen atoms in total. The Balaban J connectivity index is 1.35. The van der Waals surface area contributed by atoms with Gasteiger partial charge in [-0.2, -0.15) is 0 Å². The van der Waals surface area contributed by atoms with Gasteiger partial charge in [-0.1, -0.05) is 37.3 Å². The van der Waals surface area contributed by atoms with Crippen LogP contribution in [-0.4, -0.2) is 23.9 Å². The third-order valence-corrected chi connectivity index (χ3v) is 6.58. The van der Waals surface area contributed by atoms with Gasteiger partial charge >= 0.3 is 0 Å². The standard InChI is InChI=1S/C26H34N2O/c1-19-6-5-15-28(17-19)18-21-9-11-23(12-10-21)26(29)27-20(2)24-14-13-22-7-3-4-8-25(22)16-24/h9-14,16,19-20H,3-8,15,17-18H2,1-2H3,(H,27,29). The molecule has 2 unspecified atom stereocenters. The quantitative estimate of drug-likeness (QED) is 0.752. The zero-order valence-corrected chi connectivity index (χ0v) is 17.9. The van der Waals surface area contributed by atoms with E-state index in [0.717, 1.165) is 18.0 Å². The van der Waals surface area contributed by atoms with E-state index in [1.165, 1.54) is 73.9 Å². The van der Waals surface area contributed by atoms with Gasteiger partial charge in [0.2, 0.25) is 0 Å². The Hall–Kier alpha value is -2.13. The predicted octanol–water partition coefficient (Wildman–Crippen LogP) is 5.29. The highest BCUT2D eigenvalue weighted by Gasteiger charge is 2.17. The number of carbonyl (C=O) groups is 1. The Kier molecular flexibility index (Phi) is 6.34. The molecule has 2 aromatic rings. The second kappa shape index (κ2) is 9.13. The summed E-state index contributed by atoms with van der Waals surface area (Å²) >= 11 is 0. The Morgan fingerprint density at radius 2 is 1.83 bits per heavy atom. The van der Waals surface area contributed by atoms with Gasteiger partial charge in [0.25, 0.3) is 5.91 Å². The Labute approximate surface area is 175 Å². The van der Waals surface area contributed by atoms with Crippen molar-refractivity contribution in [1.82, 2.24) is 10.2 Å². The smallest absolute Gasteiger partial charge is 0.251 e. The van der Waals surface area contributed by atoms with Crippen LogP contribution >= 0.6 is 0 Å². The number of likely N-dealkylation sites (tertiary alicyclic amines) is 1. The van der Waals surface area contributed by atoms with E-state index in [1.54, 1.807) is 0 Å². The Morgan fingerprint density at radius 1 is 1.07 bits per heavy atom. The minimum absolute atomic E-state index is 0.00775. The van der Waals surface area contributed by atoms with Crippen molar-refractivity contribution in [3.8, 4) is 0 Å². The average Bonchev–Trinajstić information content (AvgIpc) is 2.74. The molecule has 0 bridgehead atoms. The van der Waals surface area contributed by atoms with Crippen molar-refractivity contribution in [3.63, 3.8) is 0 Å². The number of nitrogens with one attached hydrogen (secondary N) is 1. The molecule has 3 heteroatoms. The molecule has 0 spiro atoms. The third-order valence-electron chi connectivity index (χ3n) is 6.58. The summed E-state index contributed by atoms with van der Waals surface area (Å²) < 4.78 is 0. The highest BCUT2D eigenvalue weighted by Crippen LogP contribution is 2.25. The highest BCUT2D eigenvalue weighted by molar-refractivity contribution is 5.94. The first kappa shape index (κ1) is 20.2. The first-order valence-electron chi connectivity index (χ1n) is 11.3. The number of rotatable bonds is 5. The summed E-state index contributed by atoms with van der Waals surface area (Å²) in [6.07, 6.45) is 7.58. The average molecular weight is 391 g/mol. The van der Waals surface area contributed by atoms with E-state index in [4.69, 9.17) is 0 Å². The fourth-order valence-electron chi connectivity index (χ4n) is 4.84. The first-order valence-corrected chi connectivity index (χ1v) is 11.3. The van der Waals surface area contributed by atoms with Crippen LogP contribution in [0.1, 0.15) is 78.2 Å². The van der Waals surface area contributed by atoms with Gasteiger partial charge in [-0.05, 0) is 92.3 Å². The van der Waals surface area contributed by atoms with Crippen molar-refractivity contribution in [1.29, 1.82) is 0 Å². The summed E-state index contributed by atoms with van der Waals surface area (Å²) in [6.45, 7) is 7.76. The molecular weight excluding hydrogens is 356 g/mol. The molecule has 0 radical (unpaired) electrons. The third kappa shape index (κ3) is 5.08. The number of aryl methyl sites for hydroxylation is 2. The lowest BCUT2D eigenvalue weighted by molar-refractivity contribution is 0.0940. The maximum Gasteiger partial charge on any atom is 0.251 e. The minimum Gasteiger partial charge on any atom is -0.346 e. The van der Waals surface area contributed by atoms with Crippen molar-refractivity contribution in [2.24, 2.45) is 5.92 Å². The zero-order valence-electron chi connectivity index (χ0n) is 17.9. The Morgan fingerprint density at radius 3 is 2.59 bits per heavy atom. The van der Waals surface area contributed by atoms with Crippen molar-refractivity contribution in [3.05, 3.63) is 70.3 Å². The summed E-state index contributed by atoms with van der Waals surface area (Å²) in [4.78, 5) is 15.3. The van der Waals surface area contributed by atoms with Crippen LogP contribution in [0.4, 0.5) is 0 Å². The van der Waals surface area contributed by atoms with E-state index >= 15 is 0 Å². The van der Waals surface area contributed by atoms with Crippen LogP contribution in [0.2, 0.25) is 0 Å². The highest BCUT2D eigenvalue weighted by atomic mass is 16.1. The molecule has 0 saturated carbocycles. The summed E-state index contributed by atoms with van der Waals surface area (Å²) in [5, 5.41) is 3.18. The van der Waals surface area contributed by atoms with Gasteiger partial charge in [0, 0.05) is 18.7 Å². The van der Waals surface area contributed by atoms with Crippen LogP contribution in [-0.2, 0) is 19.4 Å². The molecule has 1 aliphatic carbocycles. The molecule has 1 N–H and O–H groups in total. The summed E-state index contributed by atoms with van der Waals surface area (Å²) in [5.41, 5.74) is 6.18. The van der Waals surface area contributed by atoms with E-state index in [9.17, 15) is 4.79 Å². The molecule has 4 rings (SSSR count). The van der Waals surface area contributed by atoms with E-state index in [-0.39, 0.29) is 11.9 Å². The lowest BCUT2D eigenvalue weighted by Gasteiger charge is -2.30. The van der Waals surface area contributed by atoms with Crippen LogP contribution in [0.5, 0.6) is 0 Å². The number of carbonyl (C=O) groups excluding carboxylic acids is 1. The number of hydrogen-bond acceptors (Lipinski definition) is 2. The van der Waals surface area contributed by atoms with Crippen molar-refractivity contribution >= 4 is 5.91 Å². The normalized spacial score (nSPS) is 20.7. The van der Waals surface area contributed by atoms with Gasteiger partial charge in [0.1, 0.15) is 0 Å². The maximum absolute atomic E-state index is 12.7. The van der Waals surface area contributed by atoms with Gasteiger partial charge in [0.15, 0.2) is 0 Å². The summed E-state index contributed by atoms with van der Waals surface area (Å²) in [7, 11) is 0. The maximum atomic E-state index is 12.7. The topological polar surface area (TPSA) is 32.3 Å². The lowest BCUT2D eigenvalue weighted by atomic mass is 9.89. The largest absolute Gasteiger partial charge is 0.346 e. The molecule has 1 fully saturated rings. The van der Waals surface area contributed by atoms with Crippen LogP contribution in [0.3, 0.4) is 0 Å². The molecule has 0 aromatic heterocycles. The number of piperidine rings is 1. The lowest BCUT2D eigenvalue weighted by Crippen LogP contribution is -2.33. The minimum atomic E-state index is 0.00775. The predicted molar refractivity (Wildman–Crippen MR) is 119 cm³/mol. The fraction of sp³-hybridized carbons (Fsp3) is 0.500. The van der Waals surface area contributed by atoms with E-state index in [1.807, 2.05) is 12.1 Å². The van der Waals surface area contributed by atoms with Gasteiger partial charge in [-0.15, -0.1) is 0 Å². The molecule has 2 aromatic carbocycles. The monoisotopic (exact) mass is 390 g/mol. The molecule has 2 atom stereocenters. The number of nitrogens with zero attached hydrogens (tertiary/aromatic N) is 1. The molecule has 1 aliphatic heterocycles. The van der Waals surface area contributed by atoms with Crippen LogP contribution in [0.25, 0.3) is 0 Å². The van der Waals surface area contributed by atoms with Crippen LogP contribution in [0.15, 0.2) is 42.5 Å². The van der Waals surface area contributed by atoms with E-state index < -0.39 is 0 Å². The van der Waals surface area contributed by atoms with Gasteiger partial charge in [-0.3, -0.25) is 9.69 Å². The molecular formula is C26H34N2O. The van der Waals surface area contributed by atoms with Crippen LogP contribution in [0, 0.1) is 5.92 Å². The molecule has 1 heterocycles. The number of fused-ring (bicyclic) bond motifs is 1. The van der Waals surface area contributed by atoms with Gasteiger partial charge < -0.3 is 5.32 Å². The van der Waals surface area contributed by atoms with Crippen molar-refractivity contribution in [2.45, 2.75) is 65.0 Å². The number of amides is 1. The van der Waals surface area contributed by atoms with Crippen molar-refractivity contribution < 1.29 is 4.79 Å². The molecule has 29 heavy (non-hydrogen) atoms. The fourth-order valence-corrected chi connectivity index (χ4v) is 4.84.